The molecule has 1 N–H and O–H groups in total. The summed E-state index contributed by atoms with van der Waals surface area (Å²) in [6, 6.07) is 6.65. The van der Waals surface area contributed by atoms with Crippen molar-refractivity contribution in [3.63, 3.8) is 0 Å². The van der Waals surface area contributed by atoms with Crippen LogP contribution in [0.1, 0.15) is 41.9 Å². The largest absolute Gasteiger partial charge is 0.336 e. The molecule has 1 atom stereocenters. The van der Waals surface area contributed by atoms with E-state index in [4.69, 9.17) is 0 Å². The Morgan fingerprint density at radius 2 is 2.11 bits per heavy atom. The lowest BCUT2D eigenvalue weighted by Gasteiger charge is -2.21. The normalized spacial score (nSPS) is 12.6. The zero-order valence-corrected chi connectivity index (χ0v) is 12.3. The average molecular weight is 257 g/mol. The molecule has 0 aliphatic heterocycles. The molecule has 0 saturated carbocycles. The highest BCUT2D eigenvalue weighted by atomic mass is 15.1. The van der Waals surface area contributed by atoms with Gasteiger partial charge in [0.15, 0.2) is 0 Å². The van der Waals surface area contributed by atoms with Crippen molar-refractivity contribution in [1.29, 1.82) is 0 Å². The summed E-state index contributed by atoms with van der Waals surface area (Å²) in [4.78, 5) is 4.52. The molecular formula is C16H23N3. The molecule has 0 radical (unpaired) electrons. The van der Waals surface area contributed by atoms with E-state index < -0.39 is 0 Å². The van der Waals surface area contributed by atoms with Crippen molar-refractivity contribution in [2.75, 3.05) is 6.54 Å². The van der Waals surface area contributed by atoms with E-state index in [1.54, 1.807) is 0 Å². The van der Waals surface area contributed by atoms with Gasteiger partial charge in [0.2, 0.25) is 0 Å². The van der Waals surface area contributed by atoms with Gasteiger partial charge in [0, 0.05) is 19.4 Å². The van der Waals surface area contributed by atoms with Gasteiger partial charge in [-0.25, -0.2) is 4.98 Å². The number of aryl methyl sites for hydroxylation is 2. The SMILES string of the molecule is CCCNC(c1cccc(C)c1C)c1nccn1C. The van der Waals surface area contributed by atoms with Crippen molar-refractivity contribution < 1.29 is 0 Å². The minimum absolute atomic E-state index is 0.167. The van der Waals surface area contributed by atoms with Crippen LogP contribution in [-0.2, 0) is 7.05 Å². The minimum atomic E-state index is 0.167. The standard InChI is InChI=1S/C16H23N3/c1-5-9-17-15(16-18-10-11-19(16)4)14-8-6-7-12(2)13(14)3/h6-8,10-11,15,17H,5,9H2,1-4H3. The molecular weight excluding hydrogens is 234 g/mol. The third-order valence-corrected chi connectivity index (χ3v) is 3.67. The van der Waals surface area contributed by atoms with Gasteiger partial charge in [0.1, 0.15) is 5.82 Å². The Balaban J connectivity index is 2.43. The molecule has 1 aromatic heterocycles. The number of benzene rings is 1. The zero-order valence-electron chi connectivity index (χ0n) is 12.3. The molecule has 3 nitrogen and oxygen atoms in total. The van der Waals surface area contributed by atoms with Crippen LogP contribution in [0.15, 0.2) is 30.6 Å². The van der Waals surface area contributed by atoms with Crippen LogP contribution >= 0.6 is 0 Å². The predicted octanol–water partition coefficient (Wildman–Crippen LogP) is 3.13. The van der Waals surface area contributed by atoms with E-state index >= 15 is 0 Å². The van der Waals surface area contributed by atoms with Crippen molar-refractivity contribution in [2.45, 2.75) is 33.2 Å². The van der Waals surface area contributed by atoms with E-state index in [0.29, 0.717) is 0 Å². The van der Waals surface area contributed by atoms with E-state index in [1.165, 1.54) is 16.7 Å². The fourth-order valence-electron chi connectivity index (χ4n) is 2.37. The molecule has 0 amide bonds. The van der Waals surface area contributed by atoms with Gasteiger partial charge in [0.05, 0.1) is 6.04 Å². The number of imidazole rings is 1. The Kier molecular flexibility index (Phi) is 4.38. The first kappa shape index (κ1) is 13.8. The highest BCUT2D eigenvalue weighted by molar-refractivity contribution is 5.38. The molecule has 0 aliphatic rings. The number of rotatable bonds is 5. The van der Waals surface area contributed by atoms with Gasteiger partial charge in [0.25, 0.3) is 0 Å². The van der Waals surface area contributed by atoms with E-state index in [9.17, 15) is 0 Å². The second-order valence-electron chi connectivity index (χ2n) is 5.07. The van der Waals surface area contributed by atoms with E-state index in [-0.39, 0.29) is 6.04 Å². The molecule has 2 aromatic rings. The fourth-order valence-corrected chi connectivity index (χ4v) is 2.37. The monoisotopic (exact) mass is 257 g/mol. The molecule has 0 fully saturated rings. The fraction of sp³-hybridized carbons (Fsp3) is 0.438. The van der Waals surface area contributed by atoms with Crippen LogP contribution in [0.25, 0.3) is 0 Å². The molecule has 102 valence electrons. The van der Waals surface area contributed by atoms with Crippen molar-refractivity contribution in [2.24, 2.45) is 7.05 Å². The topological polar surface area (TPSA) is 29.9 Å². The van der Waals surface area contributed by atoms with Crippen molar-refractivity contribution in [3.05, 3.63) is 53.1 Å². The number of nitrogens with zero attached hydrogens (tertiary/aromatic N) is 2. The summed E-state index contributed by atoms with van der Waals surface area (Å²) in [6.45, 7) is 7.53. The van der Waals surface area contributed by atoms with Gasteiger partial charge in [-0.3, -0.25) is 0 Å². The zero-order chi connectivity index (χ0) is 13.8. The van der Waals surface area contributed by atoms with Crippen molar-refractivity contribution in [3.8, 4) is 0 Å². The maximum Gasteiger partial charge on any atom is 0.130 e. The summed E-state index contributed by atoms with van der Waals surface area (Å²) in [5.74, 6) is 1.07. The van der Waals surface area contributed by atoms with Crippen molar-refractivity contribution >= 4 is 0 Å². The lowest BCUT2D eigenvalue weighted by molar-refractivity contribution is 0.553. The van der Waals surface area contributed by atoms with Gasteiger partial charge in [-0.15, -0.1) is 0 Å². The summed E-state index contributed by atoms with van der Waals surface area (Å²) < 4.78 is 2.09. The van der Waals surface area contributed by atoms with Gasteiger partial charge in [-0.2, -0.15) is 0 Å². The maximum absolute atomic E-state index is 4.52. The first-order valence-corrected chi connectivity index (χ1v) is 6.91. The summed E-state index contributed by atoms with van der Waals surface area (Å²) in [6.07, 6.45) is 4.98. The average Bonchev–Trinajstić information content (AvgIpc) is 2.81. The number of nitrogens with one attached hydrogen (secondary N) is 1. The smallest absolute Gasteiger partial charge is 0.130 e. The molecule has 1 aromatic carbocycles. The first-order chi connectivity index (χ1) is 9.15. The van der Waals surface area contributed by atoms with Crippen LogP contribution in [0, 0.1) is 13.8 Å². The highest BCUT2D eigenvalue weighted by Crippen LogP contribution is 2.25. The van der Waals surface area contributed by atoms with Crippen LogP contribution in [0.5, 0.6) is 0 Å². The van der Waals surface area contributed by atoms with Crippen LogP contribution < -0.4 is 5.32 Å². The third-order valence-electron chi connectivity index (χ3n) is 3.67. The molecule has 19 heavy (non-hydrogen) atoms. The Morgan fingerprint density at radius 1 is 1.32 bits per heavy atom. The van der Waals surface area contributed by atoms with Gasteiger partial charge in [-0.05, 0) is 43.5 Å². The molecule has 0 saturated heterocycles. The molecule has 1 heterocycles. The maximum atomic E-state index is 4.52. The summed E-state index contributed by atoms with van der Waals surface area (Å²) in [7, 11) is 2.05. The Labute approximate surface area is 115 Å². The third kappa shape index (κ3) is 2.87. The summed E-state index contributed by atoms with van der Waals surface area (Å²) in [5, 5.41) is 3.61. The second-order valence-corrected chi connectivity index (χ2v) is 5.07. The van der Waals surface area contributed by atoms with Crippen LogP contribution in [0.2, 0.25) is 0 Å². The molecule has 0 bridgehead atoms. The minimum Gasteiger partial charge on any atom is -0.336 e. The molecule has 2 rings (SSSR count). The number of aromatic nitrogens is 2. The van der Waals surface area contributed by atoms with Crippen LogP contribution in [0.4, 0.5) is 0 Å². The molecule has 1 unspecified atom stereocenters. The summed E-state index contributed by atoms with van der Waals surface area (Å²) in [5.41, 5.74) is 4.00. The van der Waals surface area contributed by atoms with Crippen molar-refractivity contribution in [1.82, 2.24) is 14.9 Å². The van der Waals surface area contributed by atoms with Gasteiger partial charge >= 0.3 is 0 Å². The van der Waals surface area contributed by atoms with E-state index in [1.807, 2.05) is 19.4 Å². The second kappa shape index (κ2) is 6.02. The molecule has 0 aliphatic carbocycles. The Hall–Kier alpha value is -1.61. The summed E-state index contributed by atoms with van der Waals surface area (Å²) >= 11 is 0. The number of hydrogen-bond acceptors (Lipinski definition) is 2. The lowest BCUT2D eigenvalue weighted by Crippen LogP contribution is -2.26. The lowest BCUT2D eigenvalue weighted by atomic mass is 9.97. The van der Waals surface area contributed by atoms with Crippen LogP contribution in [0.3, 0.4) is 0 Å². The number of hydrogen-bond donors (Lipinski definition) is 1. The van der Waals surface area contributed by atoms with E-state index in [2.05, 4.69) is 53.8 Å². The molecule has 0 spiro atoms. The Bertz CT molecular complexity index is 543. The quantitative estimate of drug-likeness (QED) is 0.892. The predicted molar refractivity (Wildman–Crippen MR) is 79.3 cm³/mol. The van der Waals surface area contributed by atoms with Crippen LogP contribution in [-0.4, -0.2) is 16.1 Å². The van der Waals surface area contributed by atoms with Gasteiger partial charge < -0.3 is 9.88 Å². The highest BCUT2D eigenvalue weighted by Gasteiger charge is 2.19. The Morgan fingerprint density at radius 3 is 2.74 bits per heavy atom. The molecule has 3 heteroatoms. The van der Waals surface area contributed by atoms with E-state index in [0.717, 1.165) is 18.8 Å². The first-order valence-electron chi connectivity index (χ1n) is 6.91. The van der Waals surface area contributed by atoms with Gasteiger partial charge in [-0.1, -0.05) is 25.1 Å².